The first-order valence-electron chi connectivity index (χ1n) is 9.04. The first-order chi connectivity index (χ1) is 12.9. The lowest BCUT2D eigenvalue weighted by atomic mass is 9.86. The normalized spacial score (nSPS) is 36.9. The molecule has 10 nitrogen and oxygen atoms in total. The maximum Gasteiger partial charge on any atom is 0.331 e. The Bertz CT molecular complexity index is 503. The Morgan fingerprint density at radius 2 is 1.89 bits per heavy atom. The first kappa shape index (κ1) is 22.0. The zero-order chi connectivity index (χ0) is 20.0. The summed E-state index contributed by atoms with van der Waals surface area (Å²) < 4.78 is 26.3. The number of nitrogens with two attached hydrogens (primary N) is 1. The second kappa shape index (κ2) is 10.3. The summed E-state index contributed by atoms with van der Waals surface area (Å²) >= 11 is 0. The van der Waals surface area contributed by atoms with Gasteiger partial charge in [0.15, 0.2) is 6.29 Å². The Labute approximate surface area is 157 Å². The van der Waals surface area contributed by atoms with E-state index in [0.717, 1.165) is 12.8 Å². The molecule has 0 radical (unpaired) electrons. The van der Waals surface area contributed by atoms with E-state index in [9.17, 15) is 19.8 Å². The van der Waals surface area contributed by atoms with Gasteiger partial charge >= 0.3 is 11.9 Å². The summed E-state index contributed by atoms with van der Waals surface area (Å²) in [6.45, 7) is -0.901. The zero-order valence-electron chi connectivity index (χ0n) is 15.6. The Hall–Kier alpha value is -1.30. The molecule has 27 heavy (non-hydrogen) atoms. The van der Waals surface area contributed by atoms with Gasteiger partial charge in [0.1, 0.15) is 24.9 Å². The molecule has 0 bridgehead atoms. The second-order valence-electron chi connectivity index (χ2n) is 6.73. The predicted octanol–water partition coefficient (Wildman–Crippen LogP) is -1.30. The minimum absolute atomic E-state index is 0.360. The molecule has 0 amide bonds. The van der Waals surface area contributed by atoms with Crippen molar-refractivity contribution in [1.82, 2.24) is 0 Å². The number of methoxy groups -OCH3 is 2. The van der Waals surface area contributed by atoms with Crippen molar-refractivity contribution in [2.24, 2.45) is 11.7 Å². The molecule has 1 aliphatic heterocycles. The quantitative estimate of drug-likeness (QED) is 0.447. The van der Waals surface area contributed by atoms with Crippen LogP contribution in [0.4, 0.5) is 0 Å². The van der Waals surface area contributed by atoms with Gasteiger partial charge in [-0.05, 0) is 12.8 Å². The third-order valence-electron chi connectivity index (χ3n) is 5.04. The van der Waals surface area contributed by atoms with Gasteiger partial charge in [0.2, 0.25) is 0 Å². The molecule has 1 aliphatic carbocycles. The Kier molecular flexibility index (Phi) is 8.39. The van der Waals surface area contributed by atoms with E-state index < -0.39 is 61.8 Å². The number of carbonyl (C=O) groups excluding carboxylic acids is 2. The molecule has 156 valence electrons. The maximum absolute atomic E-state index is 12.0. The fourth-order valence-electron chi connectivity index (χ4n) is 3.50. The molecule has 1 heterocycles. The molecular formula is C17H29NO9. The number of aliphatic hydroxyl groups is 2. The maximum atomic E-state index is 12.0. The fraction of sp³-hybridized carbons (Fsp3) is 0.882. The SMILES string of the molecule is COC(=O)COC1C(N)[C@H](O[C@H]2CCCC[C@@H]2C(=O)OC)OC(CO)[C@H]1O. The van der Waals surface area contributed by atoms with Crippen molar-refractivity contribution in [3.63, 3.8) is 0 Å². The monoisotopic (exact) mass is 391 g/mol. The number of aliphatic hydroxyl groups excluding tert-OH is 2. The molecule has 0 aromatic rings. The number of hydrogen-bond acceptors (Lipinski definition) is 10. The predicted molar refractivity (Wildman–Crippen MR) is 90.3 cm³/mol. The van der Waals surface area contributed by atoms with Crippen molar-refractivity contribution in [3.8, 4) is 0 Å². The van der Waals surface area contributed by atoms with Crippen LogP contribution in [-0.2, 0) is 33.3 Å². The Morgan fingerprint density at radius 1 is 1.19 bits per heavy atom. The van der Waals surface area contributed by atoms with E-state index in [-0.39, 0.29) is 5.97 Å². The van der Waals surface area contributed by atoms with Gasteiger partial charge in [-0.1, -0.05) is 12.8 Å². The topological polar surface area (TPSA) is 147 Å². The number of esters is 2. The van der Waals surface area contributed by atoms with Gasteiger partial charge in [-0.25, -0.2) is 4.79 Å². The second-order valence-corrected chi connectivity index (χ2v) is 6.73. The first-order valence-corrected chi connectivity index (χ1v) is 9.04. The molecule has 1 saturated carbocycles. The van der Waals surface area contributed by atoms with Gasteiger partial charge in [-0.3, -0.25) is 4.79 Å². The summed E-state index contributed by atoms with van der Waals surface area (Å²) in [6, 6.07) is -0.937. The summed E-state index contributed by atoms with van der Waals surface area (Å²) in [5, 5.41) is 19.8. The number of carbonyl (C=O) groups is 2. The van der Waals surface area contributed by atoms with Crippen LogP contribution in [0.2, 0.25) is 0 Å². The molecule has 4 N–H and O–H groups in total. The van der Waals surface area contributed by atoms with Gasteiger partial charge < -0.3 is 39.6 Å². The molecule has 3 unspecified atom stereocenters. The molecule has 0 aromatic heterocycles. The lowest BCUT2D eigenvalue weighted by molar-refractivity contribution is -0.289. The zero-order valence-corrected chi connectivity index (χ0v) is 15.6. The van der Waals surface area contributed by atoms with E-state index in [1.807, 2.05) is 0 Å². The van der Waals surface area contributed by atoms with E-state index in [2.05, 4.69) is 4.74 Å². The van der Waals surface area contributed by atoms with Crippen molar-refractivity contribution in [2.75, 3.05) is 27.4 Å². The number of hydrogen-bond donors (Lipinski definition) is 3. The Balaban J connectivity index is 2.09. The molecule has 10 heteroatoms. The van der Waals surface area contributed by atoms with Crippen molar-refractivity contribution in [2.45, 2.75) is 62.4 Å². The minimum atomic E-state index is -1.25. The number of rotatable bonds is 7. The van der Waals surface area contributed by atoms with E-state index in [4.69, 9.17) is 24.7 Å². The van der Waals surface area contributed by atoms with Gasteiger partial charge in [0, 0.05) is 0 Å². The van der Waals surface area contributed by atoms with Gasteiger partial charge in [0.05, 0.1) is 38.9 Å². The lowest BCUT2D eigenvalue weighted by Crippen LogP contribution is -2.64. The van der Waals surface area contributed by atoms with Crippen molar-refractivity contribution >= 4 is 11.9 Å². The molecule has 2 fully saturated rings. The van der Waals surface area contributed by atoms with Crippen LogP contribution in [0.5, 0.6) is 0 Å². The minimum Gasteiger partial charge on any atom is -0.469 e. The largest absolute Gasteiger partial charge is 0.469 e. The number of ether oxygens (including phenoxy) is 5. The summed E-state index contributed by atoms with van der Waals surface area (Å²) in [7, 11) is 2.54. The molecule has 7 atom stereocenters. The third-order valence-corrected chi connectivity index (χ3v) is 5.04. The van der Waals surface area contributed by atoms with Crippen LogP contribution >= 0.6 is 0 Å². The van der Waals surface area contributed by atoms with E-state index >= 15 is 0 Å². The van der Waals surface area contributed by atoms with Crippen LogP contribution in [0.15, 0.2) is 0 Å². The van der Waals surface area contributed by atoms with E-state index in [1.165, 1.54) is 14.2 Å². The molecule has 0 spiro atoms. The fourth-order valence-corrected chi connectivity index (χ4v) is 3.50. The van der Waals surface area contributed by atoms with Crippen LogP contribution < -0.4 is 5.73 Å². The summed E-state index contributed by atoms with van der Waals surface area (Å²) in [5.41, 5.74) is 6.14. The summed E-state index contributed by atoms with van der Waals surface area (Å²) in [5.74, 6) is -1.42. The van der Waals surface area contributed by atoms with E-state index in [0.29, 0.717) is 12.8 Å². The highest BCUT2D eigenvalue weighted by atomic mass is 16.7. The van der Waals surface area contributed by atoms with Gasteiger partial charge in [0.25, 0.3) is 0 Å². The Morgan fingerprint density at radius 3 is 2.52 bits per heavy atom. The molecule has 0 aromatic carbocycles. The third kappa shape index (κ3) is 5.37. The summed E-state index contributed by atoms with van der Waals surface area (Å²) in [6.07, 6.45) is -1.72. The van der Waals surface area contributed by atoms with E-state index in [1.54, 1.807) is 0 Å². The van der Waals surface area contributed by atoms with Gasteiger partial charge in [-0.2, -0.15) is 0 Å². The van der Waals surface area contributed by atoms with Crippen LogP contribution in [0.25, 0.3) is 0 Å². The molecular weight excluding hydrogens is 362 g/mol. The molecule has 1 saturated heterocycles. The molecule has 2 rings (SSSR count). The van der Waals surface area contributed by atoms with Crippen molar-refractivity contribution in [3.05, 3.63) is 0 Å². The van der Waals surface area contributed by atoms with Gasteiger partial charge in [-0.15, -0.1) is 0 Å². The van der Waals surface area contributed by atoms with Crippen LogP contribution in [0.1, 0.15) is 25.7 Å². The average Bonchev–Trinajstić information content (AvgIpc) is 2.69. The lowest BCUT2D eigenvalue weighted by Gasteiger charge is -2.44. The highest BCUT2D eigenvalue weighted by molar-refractivity contribution is 5.73. The van der Waals surface area contributed by atoms with Crippen LogP contribution in [0, 0.1) is 5.92 Å². The highest BCUT2D eigenvalue weighted by Gasteiger charge is 2.47. The van der Waals surface area contributed by atoms with Crippen molar-refractivity contribution in [1.29, 1.82) is 0 Å². The van der Waals surface area contributed by atoms with Crippen LogP contribution in [-0.4, -0.2) is 86.3 Å². The standard InChI is InChI=1S/C17H29NO9/c1-23-12(20)8-25-15-13(18)17(27-11(7-19)14(15)21)26-10-6-4-3-5-9(10)16(22)24-2/h9-11,13-15,17,19,21H,3-8,18H2,1-2H3/t9-,10-,11?,13?,14+,15?,17+/m0/s1. The van der Waals surface area contributed by atoms with Crippen molar-refractivity contribution < 1.29 is 43.5 Å². The smallest absolute Gasteiger partial charge is 0.331 e. The summed E-state index contributed by atoms with van der Waals surface area (Å²) in [4.78, 5) is 23.4. The highest BCUT2D eigenvalue weighted by Crippen LogP contribution is 2.32. The molecule has 2 aliphatic rings. The average molecular weight is 391 g/mol. The van der Waals surface area contributed by atoms with Crippen LogP contribution in [0.3, 0.4) is 0 Å².